The minimum atomic E-state index is 0.334. The van der Waals surface area contributed by atoms with Gasteiger partial charge in [-0.25, -0.2) is 0 Å². The SMILES string of the molecule is O=C(C1CC1)N1CCc2sc(Cl)cc2C1. The molecule has 0 radical (unpaired) electrons. The lowest BCUT2D eigenvalue weighted by Gasteiger charge is -2.26. The molecular weight excluding hydrogens is 230 g/mol. The summed E-state index contributed by atoms with van der Waals surface area (Å²) >= 11 is 7.62. The summed E-state index contributed by atoms with van der Waals surface area (Å²) in [5, 5.41) is 0. The lowest BCUT2D eigenvalue weighted by atomic mass is 10.1. The van der Waals surface area contributed by atoms with Crippen molar-refractivity contribution >= 4 is 28.8 Å². The Hall–Kier alpha value is -0.540. The molecule has 1 aliphatic heterocycles. The van der Waals surface area contributed by atoms with Crippen LogP contribution in [0.15, 0.2) is 6.07 Å². The van der Waals surface area contributed by atoms with Crippen molar-refractivity contribution in [2.24, 2.45) is 5.92 Å². The first kappa shape index (κ1) is 9.67. The van der Waals surface area contributed by atoms with Crippen molar-refractivity contribution in [2.75, 3.05) is 6.54 Å². The number of nitrogens with zero attached hydrogens (tertiary/aromatic N) is 1. The van der Waals surface area contributed by atoms with Crippen molar-refractivity contribution in [3.8, 4) is 0 Å². The van der Waals surface area contributed by atoms with Crippen molar-refractivity contribution in [3.05, 3.63) is 20.8 Å². The van der Waals surface area contributed by atoms with Crippen molar-refractivity contribution < 1.29 is 4.79 Å². The van der Waals surface area contributed by atoms with Crippen LogP contribution in [0, 0.1) is 5.92 Å². The Kier molecular flexibility index (Phi) is 2.25. The van der Waals surface area contributed by atoms with E-state index in [2.05, 4.69) is 0 Å². The average Bonchev–Trinajstić information content (AvgIpc) is 2.98. The first-order chi connectivity index (χ1) is 7.24. The zero-order valence-corrected chi connectivity index (χ0v) is 9.90. The molecule has 1 aromatic rings. The Bertz CT molecular complexity index is 411. The van der Waals surface area contributed by atoms with Crippen molar-refractivity contribution in [2.45, 2.75) is 25.8 Å². The fraction of sp³-hybridized carbons (Fsp3) is 0.545. The highest BCUT2D eigenvalue weighted by atomic mass is 35.5. The number of hydrogen-bond donors (Lipinski definition) is 0. The summed E-state index contributed by atoms with van der Waals surface area (Å²) in [6.45, 7) is 1.65. The first-order valence-electron chi connectivity index (χ1n) is 5.30. The summed E-state index contributed by atoms with van der Waals surface area (Å²) in [5.41, 5.74) is 1.25. The quantitative estimate of drug-likeness (QED) is 0.740. The van der Waals surface area contributed by atoms with Gasteiger partial charge in [0.15, 0.2) is 0 Å². The van der Waals surface area contributed by atoms with E-state index >= 15 is 0 Å². The smallest absolute Gasteiger partial charge is 0.225 e. The Morgan fingerprint density at radius 3 is 3.07 bits per heavy atom. The maximum Gasteiger partial charge on any atom is 0.225 e. The Balaban J connectivity index is 1.78. The zero-order valence-electron chi connectivity index (χ0n) is 8.33. The zero-order chi connectivity index (χ0) is 10.4. The third kappa shape index (κ3) is 1.79. The van der Waals surface area contributed by atoms with E-state index in [4.69, 9.17) is 11.6 Å². The summed E-state index contributed by atoms with van der Waals surface area (Å²) in [6.07, 6.45) is 3.16. The second-order valence-electron chi connectivity index (χ2n) is 4.28. The van der Waals surface area contributed by atoms with Crippen LogP contribution < -0.4 is 0 Å². The van der Waals surface area contributed by atoms with E-state index in [9.17, 15) is 4.79 Å². The van der Waals surface area contributed by atoms with Crippen LogP contribution in [0.3, 0.4) is 0 Å². The maximum atomic E-state index is 11.9. The molecule has 1 saturated carbocycles. The van der Waals surface area contributed by atoms with Gasteiger partial charge in [0.05, 0.1) is 4.34 Å². The molecule has 3 rings (SSSR count). The van der Waals surface area contributed by atoms with E-state index < -0.39 is 0 Å². The molecule has 0 spiro atoms. The Morgan fingerprint density at radius 2 is 2.33 bits per heavy atom. The molecular formula is C11H12ClNOS. The van der Waals surface area contributed by atoms with Crippen molar-refractivity contribution in [1.29, 1.82) is 0 Å². The van der Waals surface area contributed by atoms with Crippen LogP contribution in [-0.4, -0.2) is 17.4 Å². The summed E-state index contributed by atoms with van der Waals surface area (Å²) in [7, 11) is 0. The molecule has 2 nitrogen and oxygen atoms in total. The molecule has 1 aromatic heterocycles. The molecule has 1 fully saturated rings. The predicted octanol–water partition coefficient (Wildman–Crippen LogP) is 2.70. The summed E-state index contributed by atoms with van der Waals surface area (Å²) in [6, 6.07) is 2.01. The monoisotopic (exact) mass is 241 g/mol. The fourth-order valence-electron chi connectivity index (χ4n) is 2.07. The highest BCUT2D eigenvalue weighted by Crippen LogP contribution is 2.35. The van der Waals surface area contributed by atoms with E-state index in [1.807, 2.05) is 11.0 Å². The van der Waals surface area contributed by atoms with E-state index in [1.54, 1.807) is 11.3 Å². The van der Waals surface area contributed by atoms with Gasteiger partial charge >= 0.3 is 0 Å². The third-order valence-corrected chi connectivity index (χ3v) is 4.44. The van der Waals surface area contributed by atoms with Gasteiger partial charge in [0.1, 0.15) is 0 Å². The molecule has 0 saturated heterocycles. The third-order valence-electron chi connectivity index (χ3n) is 3.07. The van der Waals surface area contributed by atoms with Crippen LogP contribution in [0.25, 0.3) is 0 Å². The van der Waals surface area contributed by atoms with Gasteiger partial charge in [-0.3, -0.25) is 4.79 Å². The number of halogens is 1. The van der Waals surface area contributed by atoms with Crippen molar-refractivity contribution in [1.82, 2.24) is 4.90 Å². The molecule has 1 aliphatic carbocycles. The highest BCUT2D eigenvalue weighted by molar-refractivity contribution is 7.16. The molecule has 0 bridgehead atoms. The number of carbonyl (C=O) groups is 1. The normalized spacial score (nSPS) is 20.2. The number of thiophene rings is 1. The van der Waals surface area contributed by atoms with Crippen molar-refractivity contribution in [3.63, 3.8) is 0 Å². The fourth-order valence-corrected chi connectivity index (χ4v) is 3.37. The second kappa shape index (κ2) is 3.49. The summed E-state index contributed by atoms with van der Waals surface area (Å²) < 4.78 is 0.848. The van der Waals surface area contributed by atoms with Crippen LogP contribution in [0.1, 0.15) is 23.3 Å². The number of carbonyl (C=O) groups excluding carboxylic acids is 1. The number of amides is 1. The average molecular weight is 242 g/mol. The molecule has 2 heterocycles. The van der Waals surface area contributed by atoms with Crippen LogP contribution in [0.4, 0.5) is 0 Å². The van der Waals surface area contributed by atoms with Crippen LogP contribution in [0.2, 0.25) is 4.34 Å². The van der Waals surface area contributed by atoms with E-state index in [0.717, 1.165) is 36.7 Å². The highest BCUT2D eigenvalue weighted by Gasteiger charge is 2.34. The molecule has 15 heavy (non-hydrogen) atoms. The molecule has 80 valence electrons. The molecule has 1 amide bonds. The molecule has 0 aromatic carbocycles. The molecule has 0 atom stereocenters. The van der Waals surface area contributed by atoms with Crippen LogP contribution >= 0.6 is 22.9 Å². The van der Waals surface area contributed by atoms with Crippen LogP contribution in [0.5, 0.6) is 0 Å². The predicted molar refractivity (Wildman–Crippen MR) is 61.2 cm³/mol. The minimum Gasteiger partial charge on any atom is -0.338 e. The van der Waals surface area contributed by atoms with Gasteiger partial charge in [-0.1, -0.05) is 11.6 Å². The number of hydrogen-bond acceptors (Lipinski definition) is 2. The molecule has 0 N–H and O–H groups in total. The second-order valence-corrected chi connectivity index (χ2v) is 6.05. The van der Waals surface area contributed by atoms with Crippen LogP contribution in [-0.2, 0) is 17.8 Å². The lowest BCUT2D eigenvalue weighted by molar-refractivity contribution is -0.133. The molecule has 0 unspecified atom stereocenters. The van der Waals surface area contributed by atoms with Gasteiger partial charge in [-0.15, -0.1) is 11.3 Å². The van der Waals surface area contributed by atoms with E-state index in [0.29, 0.717) is 11.8 Å². The van der Waals surface area contributed by atoms with E-state index in [1.165, 1.54) is 10.4 Å². The van der Waals surface area contributed by atoms with Gasteiger partial charge < -0.3 is 4.90 Å². The lowest BCUT2D eigenvalue weighted by Crippen LogP contribution is -2.36. The Morgan fingerprint density at radius 1 is 1.53 bits per heavy atom. The van der Waals surface area contributed by atoms with E-state index in [-0.39, 0.29) is 0 Å². The van der Waals surface area contributed by atoms with Gasteiger partial charge in [0, 0.05) is 23.9 Å². The minimum absolute atomic E-state index is 0.334. The number of fused-ring (bicyclic) bond motifs is 1. The summed E-state index contributed by atoms with van der Waals surface area (Å²) in [5.74, 6) is 0.684. The van der Waals surface area contributed by atoms with Gasteiger partial charge in [0.25, 0.3) is 0 Å². The van der Waals surface area contributed by atoms with Gasteiger partial charge in [0.2, 0.25) is 5.91 Å². The largest absolute Gasteiger partial charge is 0.338 e. The number of rotatable bonds is 1. The standard InChI is InChI=1S/C11H12ClNOS/c12-10-5-8-6-13(4-3-9(8)15-10)11(14)7-1-2-7/h5,7H,1-4,6H2. The van der Waals surface area contributed by atoms with Gasteiger partial charge in [-0.2, -0.15) is 0 Å². The topological polar surface area (TPSA) is 20.3 Å². The molecule has 4 heteroatoms. The summed E-state index contributed by atoms with van der Waals surface area (Å²) in [4.78, 5) is 15.2. The molecule has 2 aliphatic rings. The Labute approximate surface area is 97.8 Å². The first-order valence-corrected chi connectivity index (χ1v) is 6.49. The van der Waals surface area contributed by atoms with Gasteiger partial charge in [-0.05, 0) is 30.9 Å². The maximum absolute atomic E-state index is 11.9.